The number of rotatable bonds is 3. The second kappa shape index (κ2) is 5.48. The van der Waals surface area contributed by atoms with Gasteiger partial charge in [-0.15, -0.1) is 0 Å². The summed E-state index contributed by atoms with van der Waals surface area (Å²) < 4.78 is 5.71. The summed E-state index contributed by atoms with van der Waals surface area (Å²) in [5, 5.41) is 1.24. The Morgan fingerprint density at radius 2 is 2.00 bits per heavy atom. The van der Waals surface area contributed by atoms with Gasteiger partial charge in [0, 0.05) is 30.2 Å². The highest BCUT2D eigenvalue weighted by Crippen LogP contribution is 2.29. The minimum Gasteiger partial charge on any atom is -0.422 e. The van der Waals surface area contributed by atoms with Gasteiger partial charge < -0.3 is 9.32 Å². The summed E-state index contributed by atoms with van der Waals surface area (Å²) in [6, 6.07) is 5.76. The summed E-state index contributed by atoms with van der Waals surface area (Å²) in [6.45, 7) is 5.99. The molecule has 1 aromatic carbocycles. The number of benzene rings is 1. The molecule has 2 aromatic rings. The third-order valence-corrected chi connectivity index (χ3v) is 4.60. The van der Waals surface area contributed by atoms with Gasteiger partial charge in [0.25, 0.3) is 0 Å². The summed E-state index contributed by atoms with van der Waals surface area (Å²) in [4.78, 5) is 13.8. The van der Waals surface area contributed by atoms with E-state index in [0.29, 0.717) is 14.2 Å². The SMILES string of the molecule is CCN(CC)c1ccc2c(Cl)c(I)c(=O)oc2c1. The molecule has 0 unspecified atom stereocenters. The largest absolute Gasteiger partial charge is 0.422 e. The van der Waals surface area contributed by atoms with Crippen molar-refractivity contribution in [1.82, 2.24) is 0 Å². The molecule has 0 aliphatic rings. The molecule has 0 saturated carbocycles. The lowest BCUT2D eigenvalue weighted by atomic mass is 10.2. The third kappa shape index (κ3) is 2.36. The Bertz CT molecular complexity index is 635. The highest BCUT2D eigenvalue weighted by Gasteiger charge is 2.12. The number of hydrogen-bond acceptors (Lipinski definition) is 3. The average molecular weight is 378 g/mol. The molecule has 0 aliphatic carbocycles. The zero-order valence-corrected chi connectivity index (χ0v) is 13.1. The van der Waals surface area contributed by atoms with E-state index in [1.54, 1.807) is 0 Å². The van der Waals surface area contributed by atoms with Gasteiger partial charge in [-0.2, -0.15) is 0 Å². The van der Waals surface area contributed by atoms with E-state index < -0.39 is 0 Å². The fourth-order valence-corrected chi connectivity index (χ4v) is 2.55. The molecule has 0 aliphatic heterocycles. The summed E-state index contributed by atoms with van der Waals surface area (Å²) in [5.41, 5.74) is 1.19. The van der Waals surface area contributed by atoms with E-state index in [1.165, 1.54) is 0 Å². The Morgan fingerprint density at radius 3 is 2.61 bits per heavy atom. The molecule has 0 fully saturated rings. The van der Waals surface area contributed by atoms with E-state index in [-0.39, 0.29) is 5.63 Å². The first-order chi connectivity index (χ1) is 8.58. The van der Waals surface area contributed by atoms with Crippen molar-refractivity contribution in [3.05, 3.63) is 37.2 Å². The van der Waals surface area contributed by atoms with Gasteiger partial charge in [0.15, 0.2) is 0 Å². The molecule has 2 rings (SSSR count). The average Bonchev–Trinajstić information content (AvgIpc) is 2.37. The van der Waals surface area contributed by atoms with Crippen LogP contribution in [-0.2, 0) is 0 Å². The third-order valence-electron chi connectivity index (χ3n) is 2.90. The van der Waals surface area contributed by atoms with Crippen molar-refractivity contribution in [2.24, 2.45) is 0 Å². The molecule has 1 heterocycles. The summed E-state index contributed by atoms with van der Waals surface area (Å²) in [6.07, 6.45) is 0. The topological polar surface area (TPSA) is 33.5 Å². The second-order valence-electron chi connectivity index (χ2n) is 3.87. The van der Waals surface area contributed by atoms with E-state index in [9.17, 15) is 4.79 Å². The van der Waals surface area contributed by atoms with Crippen molar-refractivity contribution in [2.45, 2.75) is 13.8 Å². The molecule has 0 spiro atoms. The maximum atomic E-state index is 11.6. The standard InChI is InChI=1S/C13H13ClINO2/c1-3-16(4-2)8-5-6-9-10(7-8)18-13(17)12(15)11(9)14/h5-7H,3-4H2,1-2H3. The van der Waals surface area contributed by atoms with Crippen molar-refractivity contribution < 1.29 is 4.42 Å². The van der Waals surface area contributed by atoms with Gasteiger partial charge in [0.2, 0.25) is 0 Å². The van der Waals surface area contributed by atoms with Gasteiger partial charge in [0.1, 0.15) is 9.15 Å². The second-order valence-corrected chi connectivity index (χ2v) is 5.33. The van der Waals surface area contributed by atoms with E-state index in [4.69, 9.17) is 16.0 Å². The lowest BCUT2D eigenvalue weighted by molar-refractivity contribution is 0.556. The van der Waals surface area contributed by atoms with Gasteiger partial charge in [0.05, 0.1) is 5.02 Å². The van der Waals surface area contributed by atoms with E-state index in [1.807, 2.05) is 40.8 Å². The van der Waals surface area contributed by atoms with Crippen LogP contribution < -0.4 is 10.5 Å². The van der Waals surface area contributed by atoms with E-state index in [0.717, 1.165) is 24.2 Å². The highest BCUT2D eigenvalue weighted by atomic mass is 127. The van der Waals surface area contributed by atoms with Crippen molar-refractivity contribution in [3.63, 3.8) is 0 Å². The molecule has 1 aromatic heterocycles. The van der Waals surface area contributed by atoms with Crippen molar-refractivity contribution >= 4 is 50.8 Å². The normalized spacial score (nSPS) is 10.9. The van der Waals surface area contributed by atoms with Gasteiger partial charge in [-0.25, -0.2) is 4.79 Å². The van der Waals surface area contributed by atoms with Crippen LogP contribution in [0.25, 0.3) is 11.0 Å². The Kier molecular flexibility index (Phi) is 4.17. The Balaban J connectivity index is 2.66. The lowest BCUT2D eigenvalue weighted by Gasteiger charge is -2.21. The van der Waals surface area contributed by atoms with Crippen LogP contribution >= 0.6 is 34.2 Å². The van der Waals surface area contributed by atoms with Gasteiger partial charge in [-0.05, 0) is 48.6 Å². The number of fused-ring (bicyclic) bond motifs is 1. The fourth-order valence-electron chi connectivity index (χ4n) is 1.91. The quantitative estimate of drug-likeness (QED) is 0.601. The summed E-state index contributed by atoms with van der Waals surface area (Å²) >= 11 is 8.06. The number of anilines is 1. The summed E-state index contributed by atoms with van der Waals surface area (Å²) in [7, 11) is 0. The monoisotopic (exact) mass is 377 g/mol. The lowest BCUT2D eigenvalue weighted by Crippen LogP contribution is -2.21. The van der Waals surface area contributed by atoms with Crippen LogP contribution in [0.2, 0.25) is 5.02 Å². The zero-order chi connectivity index (χ0) is 13.3. The van der Waals surface area contributed by atoms with Crippen molar-refractivity contribution in [1.29, 1.82) is 0 Å². The smallest absolute Gasteiger partial charge is 0.351 e. The molecule has 0 atom stereocenters. The van der Waals surface area contributed by atoms with Crippen molar-refractivity contribution in [2.75, 3.05) is 18.0 Å². The molecule has 5 heteroatoms. The predicted molar refractivity (Wildman–Crippen MR) is 83.8 cm³/mol. The number of nitrogens with zero attached hydrogens (tertiary/aromatic N) is 1. The number of halogens is 2. The molecule has 96 valence electrons. The molecular weight excluding hydrogens is 365 g/mol. The highest BCUT2D eigenvalue weighted by molar-refractivity contribution is 14.1. The molecule has 0 N–H and O–H groups in total. The maximum Gasteiger partial charge on any atom is 0.351 e. The molecule has 3 nitrogen and oxygen atoms in total. The Labute approximate surface area is 124 Å². The first-order valence-electron chi connectivity index (χ1n) is 5.75. The maximum absolute atomic E-state index is 11.6. The van der Waals surface area contributed by atoms with Gasteiger partial charge >= 0.3 is 5.63 Å². The Hall–Kier alpha value is -0.750. The first-order valence-corrected chi connectivity index (χ1v) is 7.21. The van der Waals surface area contributed by atoms with E-state index in [2.05, 4.69) is 18.7 Å². The fraction of sp³-hybridized carbons (Fsp3) is 0.308. The van der Waals surface area contributed by atoms with Crippen LogP contribution in [-0.4, -0.2) is 13.1 Å². The molecule has 0 saturated heterocycles. The molecule has 0 amide bonds. The van der Waals surface area contributed by atoms with Crippen LogP contribution in [0.3, 0.4) is 0 Å². The van der Waals surface area contributed by atoms with Gasteiger partial charge in [-0.3, -0.25) is 0 Å². The van der Waals surface area contributed by atoms with Crippen molar-refractivity contribution in [3.8, 4) is 0 Å². The molecular formula is C13H13ClINO2. The minimum atomic E-state index is -0.384. The first kappa shape index (κ1) is 13.7. The number of hydrogen-bond donors (Lipinski definition) is 0. The van der Waals surface area contributed by atoms with Crippen LogP contribution in [0.15, 0.2) is 27.4 Å². The Morgan fingerprint density at radius 1 is 1.33 bits per heavy atom. The van der Waals surface area contributed by atoms with Crippen LogP contribution in [0.4, 0.5) is 5.69 Å². The summed E-state index contributed by atoms with van der Waals surface area (Å²) in [5.74, 6) is 0. The van der Waals surface area contributed by atoms with Crippen LogP contribution in [0.1, 0.15) is 13.8 Å². The zero-order valence-electron chi connectivity index (χ0n) is 10.2. The minimum absolute atomic E-state index is 0.384. The van der Waals surface area contributed by atoms with E-state index >= 15 is 0 Å². The van der Waals surface area contributed by atoms with Gasteiger partial charge in [-0.1, -0.05) is 11.6 Å². The van der Waals surface area contributed by atoms with Crippen LogP contribution in [0.5, 0.6) is 0 Å². The molecule has 18 heavy (non-hydrogen) atoms. The molecule has 0 bridgehead atoms. The molecule has 0 radical (unpaired) electrons. The van der Waals surface area contributed by atoms with Crippen LogP contribution in [0, 0.1) is 3.57 Å². The predicted octanol–water partition coefficient (Wildman–Crippen LogP) is 3.90.